The third-order valence-electron chi connectivity index (χ3n) is 5.51. The Bertz CT molecular complexity index is 1210. The van der Waals surface area contributed by atoms with Crippen molar-refractivity contribution < 1.29 is 23.9 Å². The normalized spacial score (nSPS) is 17.8. The number of ether oxygens (including phenoxy) is 1. The van der Waals surface area contributed by atoms with Crippen LogP contribution in [0.5, 0.6) is 0 Å². The maximum absolute atomic E-state index is 13.4. The van der Waals surface area contributed by atoms with Crippen LogP contribution in [-0.4, -0.2) is 30.0 Å². The van der Waals surface area contributed by atoms with Crippen molar-refractivity contribution in [3.8, 4) is 0 Å². The number of amides is 1. The lowest BCUT2D eigenvalue weighted by atomic mass is 9.86. The SMILES string of the molecule is CCOC(=O)c1ccc(N2C(=O)C(=O)C(C(=O)c3ccccc3)C2c2ccc(Br)cc2)cc1. The maximum Gasteiger partial charge on any atom is 0.338 e. The standard InChI is InChI=1S/C26H20BrNO5/c1-2-33-26(32)18-10-14-20(15-11-18)28-22(16-8-12-19(27)13-9-16)21(24(30)25(28)31)23(29)17-6-4-3-5-7-17/h3-15,21-22H,2H2,1H3. The monoisotopic (exact) mass is 505 g/mol. The number of halogens is 1. The van der Waals surface area contributed by atoms with Gasteiger partial charge in [-0.15, -0.1) is 0 Å². The zero-order valence-corrected chi connectivity index (χ0v) is 19.3. The molecular weight excluding hydrogens is 486 g/mol. The van der Waals surface area contributed by atoms with E-state index in [0.29, 0.717) is 22.4 Å². The highest BCUT2D eigenvalue weighted by Crippen LogP contribution is 2.41. The van der Waals surface area contributed by atoms with Crippen LogP contribution in [0.1, 0.15) is 39.2 Å². The van der Waals surface area contributed by atoms with E-state index in [1.54, 1.807) is 73.7 Å². The fraction of sp³-hybridized carbons (Fsp3) is 0.154. The molecule has 0 spiro atoms. The largest absolute Gasteiger partial charge is 0.462 e. The molecule has 1 aliphatic heterocycles. The van der Waals surface area contributed by atoms with E-state index in [2.05, 4.69) is 15.9 Å². The van der Waals surface area contributed by atoms with Gasteiger partial charge in [0.1, 0.15) is 5.92 Å². The summed E-state index contributed by atoms with van der Waals surface area (Å²) in [5, 5.41) is 0. The van der Waals surface area contributed by atoms with E-state index < -0.39 is 35.4 Å². The molecule has 1 amide bonds. The molecule has 2 unspecified atom stereocenters. The van der Waals surface area contributed by atoms with Gasteiger partial charge in [0.15, 0.2) is 5.78 Å². The first-order chi connectivity index (χ1) is 15.9. The summed E-state index contributed by atoms with van der Waals surface area (Å²) in [4.78, 5) is 53.0. The molecular formula is C26H20BrNO5. The van der Waals surface area contributed by atoms with Gasteiger partial charge in [-0.25, -0.2) is 4.79 Å². The van der Waals surface area contributed by atoms with Gasteiger partial charge in [0, 0.05) is 15.7 Å². The number of esters is 1. The van der Waals surface area contributed by atoms with Gasteiger partial charge in [-0.05, 0) is 48.9 Å². The summed E-state index contributed by atoms with van der Waals surface area (Å²) in [5.41, 5.74) is 1.76. The summed E-state index contributed by atoms with van der Waals surface area (Å²) in [5.74, 6) is -3.60. The summed E-state index contributed by atoms with van der Waals surface area (Å²) >= 11 is 3.39. The molecule has 1 fully saturated rings. The van der Waals surface area contributed by atoms with E-state index in [4.69, 9.17) is 4.74 Å². The van der Waals surface area contributed by atoms with Gasteiger partial charge < -0.3 is 4.74 Å². The topological polar surface area (TPSA) is 80.8 Å². The Labute approximate surface area is 199 Å². The predicted molar refractivity (Wildman–Crippen MR) is 126 cm³/mol. The van der Waals surface area contributed by atoms with Gasteiger partial charge in [0.05, 0.1) is 18.2 Å². The average Bonchev–Trinajstić information content (AvgIpc) is 3.10. The van der Waals surface area contributed by atoms with Crippen molar-refractivity contribution in [3.63, 3.8) is 0 Å². The summed E-state index contributed by atoms with van der Waals surface area (Å²) < 4.78 is 5.84. The molecule has 0 saturated carbocycles. The Morgan fingerprint density at radius 1 is 0.879 bits per heavy atom. The first-order valence-corrected chi connectivity index (χ1v) is 11.2. The zero-order chi connectivity index (χ0) is 23.5. The quantitative estimate of drug-likeness (QED) is 0.208. The molecule has 0 bridgehead atoms. The Morgan fingerprint density at radius 3 is 2.12 bits per heavy atom. The number of rotatable bonds is 6. The van der Waals surface area contributed by atoms with Crippen LogP contribution >= 0.6 is 15.9 Å². The summed E-state index contributed by atoms with van der Waals surface area (Å²) in [7, 11) is 0. The van der Waals surface area contributed by atoms with Gasteiger partial charge in [-0.1, -0.05) is 58.4 Å². The molecule has 0 N–H and O–H groups in total. The number of nitrogens with zero attached hydrogens (tertiary/aromatic N) is 1. The van der Waals surface area contributed by atoms with Gasteiger partial charge >= 0.3 is 5.97 Å². The lowest BCUT2D eigenvalue weighted by Crippen LogP contribution is -2.30. The number of anilines is 1. The van der Waals surface area contributed by atoms with E-state index in [0.717, 1.165) is 4.47 Å². The van der Waals surface area contributed by atoms with Gasteiger partial charge in [-0.3, -0.25) is 19.3 Å². The number of Topliss-reactive ketones (excluding diaryl/α,β-unsaturated/α-hetero) is 2. The maximum atomic E-state index is 13.4. The molecule has 1 saturated heterocycles. The van der Waals surface area contributed by atoms with Crippen LogP contribution in [0.3, 0.4) is 0 Å². The molecule has 0 aromatic heterocycles. The van der Waals surface area contributed by atoms with Crippen molar-refractivity contribution in [2.24, 2.45) is 5.92 Å². The highest BCUT2D eigenvalue weighted by molar-refractivity contribution is 9.10. The summed E-state index contributed by atoms with van der Waals surface area (Å²) in [6.07, 6.45) is 0. The minimum atomic E-state index is -1.19. The number of hydrogen-bond acceptors (Lipinski definition) is 5. The number of carbonyl (C=O) groups is 4. The molecule has 33 heavy (non-hydrogen) atoms. The fourth-order valence-corrected chi connectivity index (χ4v) is 4.23. The molecule has 0 radical (unpaired) electrons. The lowest BCUT2D eigenvalue weighted by molar-refractivity contribution is -0.135. The second-order valence-corrected chi connectivity index (χ2v) is 8.43. The van der Waals surface area contributed by atoms with Crippen LogP contribution < -0.4 is 4.90 Å². The van der Waals surface area contributed by atoms with Crippen molar-refractivity contribution in [2.45, 2.75) is 13.0 Å². The predicted octanol–water partition coefficient (Wildman–Crippen LogP) is 4.78. The molecule has 0 aliphatic carbocycles. The second-order valence-electron chi connectivity index (χ2n) is 7.51. The molecule has 2 atom stereocenters. The minimum absolute atomic E-state index is 0.245. The number of hydrogen-bond donors (Lipinski definition) is 0. The van der Waals surface area contributed by atoms with Crippen molar-refractivity contribution in [1.82, 2.24) is 0 Å². The van der Waals surface area contributed by atoms with Gasteiger partial charge in [0.25, 0.3) is 5.91 Å². The van der Waals surface area contributed by atoms with E-state index in [1.165, 1.54) is 17.0 Å². The van der Waals surface area contributed by atoms with Crippen LogP contribution in [0.15, 0.2) is 83.3 Å². The smallest absolute Gasteiger partial charge is 0.338 e. The van der Waals surface area contributed by atoms with E-state index in [9.17, 15) is 19.2 Å². The summed E-state index contributed by atoms with van der Waals surface area (Å²) in [6.45, 7) is 1.96. The first kappa shape index (κ1) is 22.6. The molecule has 166 valence electrons. The van der Waals surface area contributed by atoms with Crippen molar-refractivity contribution >= 4 is 45.1 Å². The highest BCUT2D eigenvalue weighted by atomic mass is 79.9. The van der Waals surface area contributed by atoms with E-state index in [-0.39, 0.29) is 6.61 Å². The van der Waals surface area contributed by atoms with Gasteiger partial charge in [0.2, 0.25) is 5.78 Å². The molecule has 1 heterocycles. The number of ketones is 2. The molecule has 7 heteroatoms. The van der Waals surface area contributed by atoms with Crippen LogP contribution in [0.4, 0.5) is 5.69 Å². The van der Waals surface area contributed by atoms with Crippen molar-refractivity contribution in [3.05, 3.63) is 100 Å². The van der Waals surface area contributed by atoms with Crippen LogP contribution in [0.25, 0.3) is 0 Å². The van der Waals surface area contributed by atoms with Crippen LogP contribution in [0.2, 0.25) is 0 Å². The Hall–Kier alpha value is -3.58. The third-order valence-corrected chi connectivity index (χ3v) is 6.04. The van der Waals surface area contributed by atoms with Crippen LogP contribution in [0, 0.1) is 5.92 Å². The van der Waals surface area contributed by atoms with E-state index in [1.807, 2.05) is 0 Å². The number of carbonyl (C=O) groups excluding carboxylic acids is 4. The first-order valence-electron chi connectivity index (χ1n) is 10.4. The molecule has 6 nitrogen and oxygen atoms in total. The Balaban J connectivity index is 1.79. The molecule has 3 aromatic rings. The minimum Gasteiger partial charge on any atom is -0.462 e. The number of benzene rings is 3. The lowest BCUT2D eigenvalue weighted by Gasteiger charge is -2.27. The fourth-order valence-electron chi connectivity index (χ4n) is 3.97. The summed E-state index contributed by atoms with van der Waals surface area (Å²) in [6, 6.07) is 21.1. The Morgan fingerprint density at radius 2 is 1.52 bits per heavy atom. The second kappa shape index (κ2) is 9.50. The van der Waals surface area contributed by atoms with Crippen molar-refractivity contribution in [1.29, 1.82) is 0 Å². The van der Waals surface area contributed by atoms with Crippen LogP contribution in [-0.2, 0) is 14.3 Å². The molecule has 4 rings (SSSR count). The van der Waals surface area contributed by atoms with E-state index >= 15 is 0 Å². The highest BCUT2D eigenvalue weighted by Gasteiger charge is 2.52. The van der Waals surface area contributed by atoms with Gasteiger partial charge in [-0.2, -0.15) is 0 Å². The Kier molecular flexibility index (Phi) is 6.51. The average molecular weight is 506 g/mol. The zero-order valence-electron chi connectivity index (χ0n) is 17.7. The third kappa shape index (κ3) is 4.36. The molecule has 1 aliphatic rings. The van der Waals surface area contributed by atoms with Crippen molar-refractivity contribution in [2.75, 3.05) is 11.5 Å². The molecule has 3 aromatic carbocycles.